The number of hydrogen-bond donors (Lipinski definition) is 2. The van der Waals surface area contributed by atoms with Crippen molar-refractivity contribution in [1.82, 2.24) is 14.7 Å². The predicted octanol–water partition coefficient (Wildman–Crippen LogP) is 2.96. The van der Waals surface area contributed by atoms with Crippen molar-refractivity contribution in [2.45, 2.75) is 13.8 Å². The van der Waals surface area contributed by atoms with E-state index in [4.69, 9.17) is 0 Å². The summed E-state index contributed by atoms with van der Waals surface area (Å²) in [4.78, 5) is 17.1. The maximum absolute atomic E-state index is 12.7. The molecule has 1 fully saturated rings. The summed E-state index contributed by atoms with van der Waals surface area (Å²) in [6, 6.07) is 17.2. The van der Waals surface area contributed by atoms with Crippen LogP contribution in [0, 0.1) is 13.8 Å². The molecule has 4 rings (SSSR count). The Morgan fingerprint density at radius 2 is 1.63 bits per heavy atom. The van der Waals surface area contributed by atoms with Crippen molar-refractivity contribution in [3.8, 4) is 11.4 Å². The second kappa shape index (κ2) is 8.59. The second-order valence-corrected chi connectivity index (χ2v) is 7.62. The van der Waals surface area contributed by atoms with Crippen molar-refractivity contribution in [2.75, 3.05) is 42.9 Å². The van der Waals surface area contributed by atoms with Gasteiger partial charge in [-0.05, 0) is 50.2 Å². The van der Waals surface area contributed by atoms with Gasteiger partial charge in [-0.15, -0.1) is 0 Å². The van der Waals surface area contributed by atoms with Crippen LogP contribution in [-0.4, -0.2) is 58.4 Å². The molecule has 1 amide bonds. The van der Waals surface area contributed by atoms with Gasteiger partial charge in [-0.2, -0.15) is 5.10 Å². The number of aryl methyl sites for hydroxylation is 1. The number of para-hydroxylation sites is 1. The lowest BCUT2D eigenvalue weighted by Crippen LogP contribution is -2.48. The predicted molar refractivity (Wildman–Crippen MR) is 118 cm³/mol. The second-order valence-electron chi connectivity index (χ2n) is 7.62. The number of aromatic hydroxyl groups is 1. The normalized spacial score (nSPS) is 14.7. The van der Waals surface area contributed by atoms with Crippen LogP contribution in [0.1, 0.15) is 11.4 Å². The van der Waals surface area contributed by atoms with E-state index in [1.165, 1.54) is 0 Å². The number of phenols is 1. The van der Waals surface area contributed by atoms with Gasteiger partial charge in [0.15, 0.2) is 0 Å². The number of rotatable bonds is 5. The molecule has 2 N–H and O–H groups in total. The van der Waals surface area contributed by atoms with Crippen molar-refractivity contribution in [2.24, 2.45) is 0 Å². The number of aromatic nitrogens is 2. The summed E-state index contributed by atoms with van der Waals surface area (Å²) in [5.41, 5.74) is 4.58. The zero-order chi connectivity index (χ0) is 21.1. The van der Waals surface area contributed by atoms with Crippen LogP contribution in [0.2, 0.25) is 0 Å². The average Bonchev–Trinajstić information content (AvgIpc) is 3.04. The minimum atomic E-state index is -0.0214. The van der Waals surface area contributed by atoms with Crippen LogP contribution < -0.4 is 10.2 Å². The fourth-order valence-electron chi connectivity index (χ4n) is 3.85. The van der Waals surface area contributed by atoms with E-state index in [1.807, 2.05) is 61.0 Å². The highest BCUT2D eigenvalue weighted by Gasteiger charge is 2.21. The van der Waals surface area contributed by atoms with Crippen molar-refractivity contribution in [3.05, 3.63) is 66.0 Å². The maximum atomic E-state index is 12.7. The standard InChI is InChI=1S/C23H27N5O2/c1-17-23(18(2)28(25-17)20-6-4-3-5-7-20)24-22(30)16-26-12-14-27(15-13-26)19-8-10-21(29)11-9-19/h3-11,29H,12-16H2,1-2H3,(H,24,30). The Bertz CT molecular complexity index is 1010. The molecular weight excluding hydrogens is 378 g/mol. The van der Waals surface area contributed by atoms with Gasteiger partial charge in [0.2, 0.25) is 5.91 Å². The Kier molecular flexibility index (Phi) is 5.72. The first kappa shape index (κ1) is 20.0. The van der Waals surface area contributed by atoms with E-state index in [0.29, 0.717) is 6.54 Å². The molecule has 0 bridgehead atoms. The van der Waals surface area contributed by atoms with Crippen molar-refractivity contribution < 1.29 is 9.90 Å². The minimum absolute atomic E-state index is 0.0214. The van der Waals surface area contributed by atoms with Gasteiger partial charge in [-0.25, -0.2) is 4.68 Å². The van der Waals surface area contributed by atoms with E-state index in [1.54, 1.807) is 12.1 Å². The zero-order valence-electron chi connectivity index (χ0n) is 17.4. The molecular formula is C23H27N5O2. The molecule has 0 saturated carbocycles. The average molecular weight is 406 g/mol. The summed E-state index contributed by atoms with van der Waals surface area (Å²) in [5, 5.41) is 17.1. The van der Waals surface area contributed by atoms with E-state index in [9.17, 15) is 9.90 Å². The topological polar surface area (TPSA) is 73.6 Å². The summed E-state index contributed by atoms with van der Waals surface area (Å²) in [6.07, 6.45) is 0. The number of nitrogens with zero attached hydrogens (tertiary/aromatic N) is 4. The van der Waals surface area contributed by atoms with Crippen LogP contribution in [0.5, 0.6) is 5.75 Å². The van der Waals surface area contributed by atoms with Crippen LogP contribution in [0.4, 0.5) is 11.4 Å². The molecule has 7 nitrogen and oxygen atoms in total. The molecule has 0 radical (unpaired) electrons. The smallest absolute Gasteiger partial charge is 0.238 e. The SMILES string of the molecule is Cc1nn(-c2ccccc2)c(C)c1NC(=O)CN1CCN(c2ccc(O)cc2)CC1. The molecule has 30 heavy (non-hydrogen) atoms. The molecule has 1 aliphatic rings. The highest BCUT2D eigenvalue weighted by Crippen LogP contribution is 2.23. The fourth-order valence-corrected chi connectivity index (χ4v) is 3.85. The summed E-state index contributed by atoms with van der Waals surface area (Å²) >= 11 is 0. The third-order valence-corrected chi connectivity index (χ3v) is 5.51. The molecule has 0 unspecified atom stereocenters. The number of carbonyl (C=O) groups is 1. The first-order valence-corrected chi connectivity index (χ1v) is 10.2. The van der Waals surface area contributed by atoms with E-state index in [-0.39, 0.29) is 11.7 Å². The third kappa shape index (κ3) is 4.31. The Labute approximate surface area is 176 Å². The summed E-state index contributed by atoms with van der Waals surface area (Å²) in [6.45, 7) is 7.57. The van der Waals surface area contributed by atoms with Gasteiger partial charge in [0.1, 0.15) is 5.75 Å². The molecule has 1 aliphatic heterocycles. The van der Waals surface area contributed by atoms with Gasteiger partial charge in [0, 0.05) is 31.9 Å². The fraction of sp³-hybridized carbons (Fsp3) is 0.304. The van der Waals surface area contributed by atoms with Gasteiger partial charge in [-0.3, -0.25) is 9.69 Å². The molecule has 7 heteroatoms. The number of hydrogen-bond acceptors (Lipinski definition) is 5. The van der Waals surface area contributed by atoms with Gasteiger partial charge in [-0.1, -0.05) is 18.2 Å². The maximum Gasteiger partial charge on any atom is 0.238 e. The van der Waals surface area contributed by atoms with E-state index < -0.39 is 0 Å². The van der Waals surface area contributed by atoms with Gasteiger partial charge in [0.05, 0.1) is 29.3 Å². The lowest BCUT2D eigenvalue weighted by Gasteiger charge is -2.35. The van der Waals surface area contributed by atoms with Crippen molar-refractivity contribution >= 4 is 17.3 Å². The number of anilines is 2. The van der Waals surface area contributed by atoms with Crippen LogP contribution in [0.15, 0.2) is 54.6 Å². The number of piperazine rings is 1. The van der Waals surface area contributed by atoms with Gasteiger partial charge < -0.3 is 15.3 Å². The van der Waals surface area contributed by atoms with Crippen LogP contribution >= 0.6 is 0 Å². The van der Waals surface area contributed by atoms with Gasteiger partial charge >= 0.3 is 0 Å². The number of nitrogens with one attached hydrogen (secondary N) is 1. The van der Waals surface area contributed by atoms with Gasteiger partial charge in [0.25, 0.3) is 0 Å². The largest absolute Gasteiger partial charge is 0.508 e. The molecule has 2 heterocycles. The highest BCUT2D eigenvalue weighted by atomic mass is 16.3. The molecule has 3 aromatic rings. The van der Waals surface area contributed by atoms with Crippen LogP contribution in [-0.2, 0) is 4.79 Å². The lowest BCUT2D eigenvalue weighted by molar-refractivity contribution is -0.117. The summed E-state index contributed by atoms with van der Waals surface area (Å²) in [7, 11) is 0. The number of amides is 1. The summed E-state index contributed by atoms with van der Waals surface area (Å²) < 4.78 is 1.86. The summed E-state index contributed by atoms with van der Waals surface area (Å²) in [5.74, 6) is 0.252. The highest BCUT2D eigenvalue weighted by molar-refractivity contribution is 5.93. The third-order valence-electron chi connectivity index (χ3n) is 5.51. The van der Waals surface area contributed by atoms with Crippen LogP contribution in [0.25, 0.3) is 5.69 Å². The number of carbonyl (C=O) groups excluding carboxylic acids is 1. The quantitative estimate of drug-likeness (QED) is 0.683. The molecule has 0 aliphatic carbocycles. The van der Waals surface area contributed by atoms with Crippen LogP contribution in [0.3, 0.4) is 0 Å². The Morgan fingerprint density at radius 1 is 0.967 bits per heavy atom. The lowest BCUT2D eigenvalue weighted by atomic mass is 10.2. The van der Waals surface area contributed by atoms with E-state index >= 15 is 0 Å². The monoisotopic (exact) mass is 405 g/mol. The first-order chi connectivity index (χ1) is 14.5. The molecule has 2 aromatic carbocycles. The molecule has 0 spiro atoms. The Morgan fingerprint density at radius 3 is 2.30 bits per heavy atom. The molecule has 156 valence electrons. The Balaban J connectivity index is 1.35. The zero-order valence-corrected chi connectivity index (χ0v) is 17.4. The molecule has 1 aromatic heterocycles. The number of benzene rings is 2. The molecule has 1 saturated heterocycles. The van der Waals surface area contributed by atoms with E-state index in [0.717, 1.165) is 54.6 Å². The first-order valence-electron chi connectivity index (χ1n) is 10.2. The van der Waals surface area contributed by atoms with E-state index in [2.05, 4.69) is 20.2 Å². The van der Waals surface area contributed by atoms with Crippen molar-refractivity contribution in [1.29, 1.82) is 0 Å². The number of phenolic OH excluding ortho intramolecular Hbond substituents is 1. The van der Waals surface area contributed by atoms with Crippen molar-refractivity contribution in [3.63, 3.8) is 0 Å². The minimum Gasteiger partial charge on any atom is -0.508 e. The molecule has 0 atom stereocenters. The Hall–Kier alpha value is -3.32.